The third-order valence-electron chi connectivity index (χ3n) is 1.62. The molecule has 3 heteroatoms. The summed E-state index contributed by atoms with van der Waals surface area (Å²) < 4.78 is 4.69. The van der Waals surface area contributed by atoms with Crippen molar-refractivity contribution in [3.8, 4) is 0 Å². The van der Waals surface area contributed by atoms with Crippen molar-refractivity contribution in [2.45, 2.75) is 0 Å². The standard InChI is InChI=1S/C8H6NO2/c9-7-5-3-1-2-4-6(5)8(10)11-7/h1-4H,9H2. The van der Waals surface area contributed by atoms with Crippen LogP contribution in [-0.4, -0.2) is 5.97 Å². The van der Waals surface area contributed by atoms with Crippen LogP contribution >= 0.6 is 0 Å². The van der Waals surface area contributed by atoms with Gasteiger partial charge >= 0.3 is 5.97 Å². The van der Waals surface area contributed by atoms with Gasteiger partial charge in [-0.1, -0.05) is 18.2 Å². The maximum atomic E-state index is 11.0. The zero-order valence-electron chi connectivity index (χ0n) is 5.70. The van der Waals surface area contributed by atoms with E-state index in [0.29, 0.717) is 11.1 Å². The summed E-state index contributed by atoms with van der Waals surface area (Å²) in [5, 5.41) is 0. The van der Waals surface area contributed by atoms with E-state index in [1.807, 2.05) is 6.07 Å². The Bertz CT molecular complexity index is 309. The zero-order chi connectivity index (χ0) is 7.84. The summed E-state index contributed by atoms with van der Waals surface area (Å²) in [5.41, 5.74) is 6.65. The minimum absolute atomic E-state index is 0.200. The lowest BCUT2D eigenvalue weighted by Gasteiger charge is -1.97. The fourth-order valence-electron chi connectivity index (χ4n) is 1.09. The lowest BCUT2D eigenvalue weighted by Crippen LogP contribution is -2.09. The van der Waals surface area contributed by atoms with E-state index in [-0.39, 0.29) is 12.2 Å². The lowest BCUT2D eigenvalue weighted by atomic mass is 10.1. The van der Waals surface area contributed by atoms with Crippen LogP contribution in [0.3, 0.4) is 0 Å². The van der Waals surface area contributed by atoms with Gasteiger partial charge in [0.2, 0.25) is 6.23 Å². The summed E-state index contributed by atoms with van der Waals surface area (Å²) in [4.78, 5) is 11.0. The number of esters is 1. The first kappa shape index (κ1) is 6.37. The van der Waals surface area contributed by atoms with Gasteiger partial charge in [-0.05, 0) is 6.07 Å². The van der Waals surface area contributed by atoms with Gasteiger partial charge in [-0.2, -0.15) is 0 Å². The number of carbonyl (C=O) groups is 1. The molecule has 0 saturated carbocycles. The third-order valence-corrected chi connectivity index (χ3v) is 1.62. The monoisotopic (exact) mass is 148 g/mol. The maximum Gasteiger partial charge on any atom is 0.340 e. The molecule has 55 valence electrons. The van der Waals surface area contributed by atoms with Gasteiger partial charge in [-0.15, -0.1) is 0 Å². The highest BCUT2D eigenvalue weighted by Crippen LogP contribution is 2.24. The van der Waals surface area contributed by atoms with E-state index in [1.54, 1.807) is 18.2 Å². The number of hydrogen-bond acceptors (Lipinski definition) is 3. The molecule has 0 unspecified atom stereocenters. The van der Waals surface area contributed by atoms with Gasteiger partial charge in [-0.25, -0.2) is 4.79 Å². The Morgan fingerprint density at radius 3 is 2.45 bits per heavy atom. The van der Waals surface area contributed by atoms with Crippen LogP contribution in [0.25, 0.3) is 0 Å². The van der Waals surface area contributed by atoms with Crippen molar-refractivity contribution in [2.75, 3.05) is 0 Å². The molecular formula is C8H6NO2. The molecule has 2 rings (SSSR count). The minimum atomic E-state index is -0.363. The maximum absolute atomic E-state index is 11.0. The second-order valence-electron chi connectivity index (χ2n) is 2.30. The largest absolute Gasteiger partial charge is 0.430 e. The molecule has 1 radical (unpaired) electrons. The topological polar surface area (TPSA) is 52.3 Å². The molecule has 0 aromatic heterocycles. The van der Waals surface area contributed by atoms with Crippen molar-refractivity contribution in [3.63, 3.8) is 0 Å². The molecule has 0 aliphatic carbocycles. The van der Waals surface area contributed by atoms with Crippen LogP contribution in [0.4, 0.5) is 0 Å². The van der Waals surface area contributed by atoms with Crippen LogP contribution < -0.4 is 5.73 Å². The number of carbonyl (C=O) groups excluding carboxylic acids is 1. The van der Waals surface area contributed by atoms with Crippen LogP contribution in [0.2, 0.25) is 0 Å². The first-order valence-electron chi connectivity index (χ1n) is 3.23. The predicted molar refractivity (Wildman–Crippen MR) is 38.4 cm³/mol. The van der Waals surface area contributed by atoms with Gasteiger partial charge in [0, 0.05) is 5.56 Å². The predicted octanol–water partition coefficient (Wildman–Crippen LogP) is 0.653. The molecule has 1 aliphatic heterocycles. The van der Waals surface area contributed by atoms with E-state index in [2.05, 4.69) is 4.74 Å². The average Bonchev–Trinajstić information content (AvgIpc) is 2.30. The molecule has 3 nitrogen and oxygen atoms in total. The second-order valence-corrected chi connectivity index (χ2v) is 2.30. The van der Waals surface area contributed by atoms with E-state index in [9.17, 15) is 4.79 Å². The van der Waals surface area contributed by atoms with Crippen molar-refractivity contribution in [1.29, 1.82) is 0 Å². The third kappa shape index (κ3) is 0.816. The number of rotatable bonds is 0. The molecule has 1 aliphatic rings. The molecule has 0 atom stereocenters. The molecule has 0 spiro atoms. The summed E-state index contributed by atoms with van der Waals surface area (Å²) in [6.45, 7) is 0. The lowest BCUT2D eigenvalue weighted by molar-refractivity contribution is 0.0601. The van der Waals surface area contributed by atoms with Crippen LogP contribution in [0.5, 0.6) is 0 Å². The van der Waals surface area contributed by atoms with Gasteiger partial charge in [-0.3, -0.25) is 5.73 Å². The molecular weight excluding hydrogens is 142 g/mol. The van der Waals surface area contributed by atoms with E-state index in [0.717, 1.165) is 0 Å². The van der Waals surface area contributed by atoms with Gasteiger partial charge < -0.3 is 4.74 Å². The molecule has 0 amide bonds. The number of nitrogens with two attached hydrogens (primary N) is 1. The zero-order valence-corrected chi connectivity index (χ0v) is 5.70. The summed E-state index contributed by atoms with van der Waals surface area (Å²) in [6, 6.07) is 7.04. The van der Waals surface area contributed by atoms with E-state index >= 15 is 0 Å². The highest BCUT2D eigenvalue weighted by Gasteiger charge is 2.28. The van der Waals surface area contributed by atoms with Crippen LogP contribution in [0, 0.1) is 6.23 Å². The number of ether oxygens (including phenoxy) is 1. The minimum Gasteiger partial charge on any atom is -0.430 e. The number of benzene rings is 1. The van der Waals surface area contributed by atoms with Crippen LogP contribution in [0.1, 0.15) is 15.9 Å². The van der Waals surface area contributed by atoms with Crippen molar-refractivity contribution >= 4 is 5.97 Å². The van der Waals surface area contributed by atoms with Crippen molar-refractivity contribution in [2.24, 2.45) is 5.73 Å². The van der Waals surface area contributed by atoms with Gasteiger partial charge in [0.15, 0.2) is 0 Å². The van der Waals surface area contributed by atoms with Crippen molar-refractivity contribution in [1.82, 2.24) is 0 Å². The van der Waals surface area contributed by atoms with E-state index in [1.165, 1.54) is 0 Å². The molecule has 1 heterocycles. The van der Waals surface area contributed by atoms with Gasteiger partial charge in [0.25, 0.3) is 0 Å². The summed E-state index contributed by atoms with van der Waals surface area (Å²) in [5.74, 6) is -0.363. The Kier molecular flexibility index (Phi) is 1.20. The van der Waals surface area contributed by atoms with Crippen LogP contribution in [0.15, 0.2) is 24.3 Å². The Morgan fingerprint density at radius 1 is 1.18 bits per heavy atom. The van der Waals surface area contributed by atoms with Crippen LogP contribution in [-0.2, 0) is 4.74 Å². The molecule has 11 heavy (non-hydrogen) atoms. The van der Waals surface area contributed by atoms with E-state index in [4.69, 9.17) is 5.73 Å². The van der Waals surface area contributed by atoms with E-state index < -0.39 is 0 Å². The highest BCUT2D eigenvalue weighted by atomic mass is 16.6. The molecule has 1 aromatic rings. The fourth-order valence-corrected chi connectivity index (χ4v) is 1.09. The number of cyclic esters (lactones) is 1. The summed E-state index contributed by atoms with van der Waals surface area (Å²) >= 11 is 0. The normalized spacial score (nSPS) is 16.3. The first-order valence-corrected chi connectivity index (χ1v) is 3.23. The molecule has 0 bridgehead atoms. The average molecular weight is 148 g/mol. The molecule has 2 N–H and O–H groups in total. The first-order chi connectivity index (χ1) is 5.29. The molecule has 0 fully saturated rings. The smallest absolute Gasteiger partial charge is 0.340 e. The highest BCUT2D eigenvalue weighted by molar-refractivity contribution is 5.95. The Hall–Kier alpha value is -1.35. The quantitative estimate of drug-likeness (QED) is 0.549. The van der Waals surface area contributed by atoms with Gasteiger partial charge in [0.05, 0.1) is 5.56 Å². The summed E-state index contributed by atoms with van der Waals surface area (Å²) in [6.07, 6.45) is 0.200. The summed E-state index contributed by atoms with van der Waals surface area (Å²) in [7, 11) is 0. The number of fused-ring (bicyclic) bond motifs is 1. The van der Waals surface area contributed by atoms with Crippen molar-refractivity contribution in [3.05, 3.63) is 41.6 Å². The second kappa shape index (κ2) is 2.07. The number of hydrogen-bond donors (Lipinski definition) is 1. The Morgan fingerprint density at radius 2 is 1.82 bits per heavy atom. The Balaban J connectivity index is 2.60. The fraction of sp³-hybridized carbons (Fsp3) is 0. The Labute approximate surface area is 63.8 Å². The molecule has 1 aromatic carbocycles. The van der Waals surface area contributed by atoms with Gasteiger partial charge in [0.1, 0.15) is 0 Å². The van der Waals surface area contributed by atoms with Crippen molar-refractivity contribution < 1.29 is 9.53 Å². The molecule has 0 saturated heterocycles. The SMILES string of the molecule is N[C]1OC(=O)c2ccccc21.